The summed E-state index contributed by atoms with van der Waals surface area (Å²) in [7, 11) is 1.55. The zero-order valence-corrected chi connectivity index (χ0v) is 15.9. The predicted octanol–water partition coefficient (Wildman–Crippen LogP) is 3.92. The first-order valence-corrected chi connectivity index (χ1v) is 8.81. The lowest BCUT2D eigenvalue weighted by Gasteiger charge is -2.06. The maximum absolute atomic E-state index is 5.43. The minimum atomic E-state index is 0.530. The second-order valence-corrected chi connectivity index (χ2v) is 5.87. The Balaban J connectivity index is 1.85. The molecule has 2 aromatic heterocycles. The molecule has 2 heterocycles. The second kappa shape index (κ2) is 10.3. The Kier molecular flexibility index (Phi) is 7.74. The highest BCUT2D eigenvalue weighted by atomic mass is 16.6. The maximum Gasteiger partial charge on any atom is 0.117 e. The molecular formula is C20H26N4O2. The van der Waals surface area contributed by atoms with Gasteiger partial charge in [-0.2, -0.15) is 0 Å². The van der Waals surface area contributed by atoms with Crippen molar-refractivity contribution in [2.75, 3.05) is 13.7 Å². The molecule has 0 saturated carbocycles. The van der Waals surface area contributed by atoms with Gasteiger partial charge in [-0.1, -0.05) is 29.4 Å². The molecule has 0 aliphatic carbocycles. The number of hydrogen-bond donors (Lipinski definition) is 0. The van der Waals surface area contributed by atoms with Crippen LogP contribution in [-0.2, 0) is 16.1 Å². The Morgan fingerprint density at radius 3 is 2.54 bits per heavy atom. The molecule has 0 bridgehead atoms. The fourth-order valence-corrected chi connectivity index (χ4v) is 2.43. The third-order valence-electron chi connectivity index (χ3n) is 3.77. The molecule has 0 saturated heterocycles. The Bertz CT molecular complexity index is 772. The maximum atomic E-state index is 5.43. The molecule has 0 radical (unpaired) electrons. The lowest BCUT2D eigenvalue weighted by atomic mass is 10.1. The van der Waals surface area contributed by atoms with Gasteiger partial charge in [0.15, 0.2) is 0 Å². The number of aryl methyl sites for hydroxylation is 2. The van der Waals surface area contributed by atoms with E-state index in [4.69, 9.17) is 9.68 Å². The molecule has 0 fully saturated rings. The van der Waals surface area contributed by atoms with Gasteiger partial charge in [0.05, 0.1) is 11.4 Å². The van der Waals surface area contributed by atoms with E-state index < -0.39 is 0 Å². The van der Waals surface area contributed by atoms with Crippen LogP contribution in [0.1, 0.15) is 49.5 Å². The highest BCUT2D eigenvalue weighted by Gasteiger charge is 2.05. The normalized spacial score (nSPS) is 12.2. The van der Waals surface area contributed by atoms with Crippen LogP contribution in [0.4, 0.5) is 0 Å². The van der Waals surface area contributed by atoms with Crippen molar-refractivity contribution in [3.63, 3.8) is 0 Å². The summed E-state index contributed by atoms with van der Waals surface area (Å²) < 4.78 is 0. The minimum Gasteiger partial charge on any atom is -0.399 e. The van der Waals surface area contributed by atoms with Crippen LogP contribution in [0.5, 0.6) is 0 Å². The molecule has 0 atom stereocenters. The summed E-state index contributed by atoms with van der Waals surface area (Å²) in [4.78, 5) is 19.4. The van der Waals surface area contributed by atoms with Gasteiger partial charge in [-0.05, 0) is 57.4 Å². The van der Waals surface area contributed by atoms with E-state index in [2.05, 4.69) is 20.3 Å². The van der Waals surface area contributed by atoms with Crippen molar-refractivity contribution in [2.45, 2.75) is 40.0 Å². The Morgan fingerprint density at radius 2 is 1.81 bits per heavy atom. The van der Waals surface area contributed by atoms with Crippen molar-refractivity contribution in [3.05, 3.63) is 59.2 Å². The van der Waals surface area contributed by atoms with E-state index in [0.29, 0.717) is 6.61 Å². The monoisotopic (exact) mass is 354 g/mol. The number of rotatable bonds is 9. The molecule has 0 unspecified atom stereocenters. The fourth-order valence-electron chi connectivity index (χ4n) is 2.43. The zero-order valence-electron chi connectivity index (χ0n) is 15.9. The molecule has 0 amide bonds. The van der Waals surface area contributed by atoms with Gasteiger partial charge in [-0.25, -0.2) is 0 Å². The first-order valence-electron chi connectivity index (χ1n) is 8.81. The molecule has 2 aromatic rings. The molecule has 0 aliphatic heterocycles. The Morgan fingerprint density at radius 1 is 1.04 bits per heavy atom. The van der Waals surface area contributed by atoms with Crippen LogP contribution in [-0.4, -0.2) is 35.1 Å². The van der Waals surface area contributed by atoms with Crippen molar-refractivity contribution >= 4 is 11.4 Å². The molecule has 0 aliphatic rings. The van der Waals surface area contributed by atoms with Gasteiger partial charge in [-0.3, -0.25) is 9.97 Å². The van der Waals surface area contributed by atoms with Crippen LogP contribution >= 0.6 is 0 Å². The average molecular weight is 354 g/mol. The third-order valence-corrected chi connectivity index (χ3v) is 3.77. The molecule has 138 valence electrons. The topological polar surface area (TPSA) is 69.0 Å². The van der Waals surface area contributed by atoms with E-state index >= 15 is 0 Å². The fraction of sp³-hybridized carbons (Fsp3) is 0.400. The Labute approximate surface area is 155 Å². The van der Waals surface area contributed by atoms with Gasteiger partial charge in [0, 0.05) is 11.4 Å². The molecule has 0 N–H and O–H groups in total. The summed E-state index contributed by atoms with van der Waals surface area (Å²) >= 11 is 0. The van der Waals surface area contributed by atoms with Crippen molar-refractivity contribution in [1.29, 1.82) is 0 Å². The molecule has 2 rings (SSSR count). The quantitative estimate of drug-likeness (QED) is 0.389. The van der Waals surface area contributed by atoms with E-state index in [9.17, 15) is 0 Å². The highest BCUT2D eigenvalue weighted by Crippen LogP contribution is 2.07. The predicted molar refractivity (Wildman–Crippen MR) is 104 cm³/mol. The third kappa shape index (κ3) is 5.95. The van der Waals surface area contributed by atoms with E-state index in [1.54, 1.807) is 7.11 Å². The van der Waals surface area contributed by atoms with Crippen LogP contribution in [0.15, 0.2) is 46.7 Å². The average Bonchev–Trinajstić information content (AvgIpc) is 2.66. The van der Waals surface area contributed by atoms with Gasteiger partial charge < -0.3 is 9.68 Å². The van der Waals surface area contributed by atoms with Crippen molar-refractivity contribution in [2.24, 2.45) is 10.3 Å². The molecule has 6 heteroatoms. The zero-order chi connectivity index (χ0) is 18.8. The Hall–Kier alpha value is -2.76. The molecule has 6 nitrogen and oxygen atoms in total. The summed E-state index contributed by atoms with van der Waals surface area (Å²) in [5.41, 5.74) is 5.28. The smallest absolute Gasteiger partial charge is 0.117 e. The lowest BCUT2D eigenvalue weighted by molar-refractivity contribution is 0.141. The number of nitrogens with zero attached hydrogens (tertiary/aromatic N) is 4. The molecule has 0 aromatic carbocycles. The van der Waals surface area contributed by atoms with Gasteiger partial charge >= 0.3 is 0 Å². The van der Waals surface area contributed by atoms with E-state index in [0.717, 1.165) is 53.5 Å². The van der Waals surface area contributed by atoms with Crippen LogP contribution in [0.2, 0.25) is 0 Å². The SMILES string of the molecule is CCC(=NOC)c1cccc(CCCON=C(C)c2cccc(C)n2)n1. The highest BCUT2D eigenvalue weighted by molar-refractivity contribution is 5.98. The number of hydrogen-bond acceptors (Lipinski definition) is 6. The summed E-state index contributed by atoms with van der Waals surface area (Å²) in [6, 6.07) is 11.8. The van der Waals surface area contributed by atoms with Crippen molar-refractivity contribution in [3.8, 4) is 0 Å². The van der Waals surface area contributed by atoms with Crippen molar-refractivity contribution < 1.29 is 9.68 Å². The number of pyridine rings is 2. The second-order valence-electron chi connectivity index (χ2n) is 5.87. The number of oxime groups is 2. The first kappa shape index (κ1) is 19.6. The molecule has 26 heavy (non-hydrogen) atoms. The first-order chi connectivity index (χ1) is 12.6. The van der Waals surface area contributed by atoms with Gasteiger partial charge in [0.2, 0.25) is 0 Å². The van der Waals surface area contributed by atoms with Gasteiger partial charge in [-0.15, -0.1) is 0 Å². The minimum absolute atomic E-state index is 0.530. The summed E-state index contributed by atoms with van der Waals surface area (Å²) in [6.07, 6.45) is 2.42. The summed E-state index contributed by atoms with van der Waals surface area (Å²) in [5, 5.41) is 8.17. The molecular weight excluding hydrogens is 328 g/mol. The van der Waals surface area contributed by atoms with E-state index in [1.165, 1.54) is 0 Å². The molecule has 0 spiro atoms. The van der Waals surface area contributed by atoms with Crippen LogP contribution in [0.3, 0.4) is 0 Å². The van der Waals surface area contributed by atoms with Crippen molar-refractivity contribution in [1.82, 2.24) is 9.97 Å². The van der Waals surface area contributed by atoms with Crippen LogP contribution in [0.25, 0.3) is 0 Å². The summed E-state index contributed by atoms with van der Waals surface area (Å²) in [5.74, 6) is 0. The van der Waals surface area contributed by atoms with Gasteiger partial charge in [0.25, 0.3) is 0 Å². The van der Waals surface area contributed by atoms with Gasteiger partial charge in [0.1, 0.15) is 25.1 Å². The summed E-state index contributed by atoms with van der Waals surface area (Å²) in [6.45, 7) is 6.42. The van der Waals surface area contributed by atoms with E-state index in [1.807, 2.05) is 57.2 Å². The lowest BCUT2D eigenvalue weighted by Crippen LogP contribution is -2.06. The van der Waals surface area contributed by atoms with Crippen LogP contribution < -0.4 is 0 Å². The van der Waals surface area contributed by atoms with Crippen LogP contribution in [0, 0.1) is 6.92 Å². The van der Waals surface area contributed by atoms with E-state index in [-0.39, 0.29) is 0 Å². The number of aromatic nitrogens is 2. The standard InChI is InChI=1S/C20H26N4O2/c1-5-18(24-25-4)20-13-7-10-17(22-20)11-8-14-26-23-16(3)19-12-6-9-15(2)21-19/h6-7,9-10,12-13H,5,8,11,14H2,1-4H3. The largest absolute Gasteiger partial charge is 0.399 e.